The molecule has 2 aromatic rings. The van der Waals surface area contributed by atoms with Crippen LogP contribution in [0.5, 0.6) is 11.5 Å². The van der Waals surface area contributed by atoms with Gasteiger partial charge in [0.15, 0.2) is 0 Å². The molecule has 1 N–H and O–H groups in total. The third-order valence-corrected chi connectivity index (χ3v) is 6.48. The second-order valence-electron chi connectivity index (χ2n) is 7.74. The number of benzene rings is 2. The number of halogens is 3. The number of carboxylic acids is 1. The molecule has 0 aliphatic carbocycles. The number of hydrogen-bond donors (Lipinski definition) is 1. The summed E-state index contributed by atoms with van der Waals surface area (Å²) >= 11 is 12.4. The molecule has 1 fully saturated rings. The van der Waals surface area contributed by atoms with Crippen LogP contribution in [-0.4, -0.2) is 42.2 Å². The lowest BCUT2D eigenvalue weighted by molar-refractivity contribution is -0.137. The molecule has 1 spiro atoms. The lowest BCUT2D eigenvalue weighted by Gasteiger charge is -2.39. The van der Waals surface area contributed by atoms with Gasteiger partial charge in [-0.25, -0.2) is 0 Å². The van der Waals surface area contributed by atoms with Crippen LogP contribution in [0.15, 0.2) is 36.4 Å². The molecule has 2 aliphatic heterocycles. The number of piperidine rings is 1. The quantitative estimate of drug-likeness (QED) is 0.626. The molecule has 8 heteroatoms. The summed E-state index contributed by atoms with van der Waals surface area (Å²) in [6, 6.07) is 11.3. The van der Waals surface area contributed by atoms with Crippen LogP contribution in [0, 0.1) is 0 Å². The largest absolute Gasteiger partial charge is 0.492 e. The Morgan fingerprint density at radius 2 is 2.00 bits per heavy atom. The highest BCUT2D eigenvalue weighted by atomic mass is 35.5. The van der Waals surface area contributed by atoms with Gasteiger partial charge in [0.1, 0.15) is 18.1 Å². The van der Waals surface area contributed by atoms with E-state index in [9.17, 15) is 4.79 Å². The van der Waals surface area contributed by atoms with Crippen LogP contribution in [0.25, 0.3) is 0 Å². The van der Waals surface area contributed by atoms with E-state index in [1.807, 2.05) is 12.1 Å². The first-order chi connectivity index (χ1) is 14.0. The number of carboxylic acid groups (broad SMARTS) is 1. The van der Waals surface area contributed by atoms with Gasteiger partial charge in [-0.3, -0.25) is 4.79 Å². The molecular weight excluding hydrogens is 449 g/mol. The molecule has 0 aromatic heterocycles. The van der Waals surface area contributed by atoms with Crippen LogP contribution in [0.3, 0.4) is 0 Å². The minimum Gasteiger partial charge on any atom is -0.492 e. The number of carbonyl (C=O) groups is 1. The zero-order chi connectivity index (χ0) is 20.4. The zero-order valence-electron chi connectivity index (χ0n) is 16.4. The van der Waals surface area contributed by atoms with Gasteiger partial charge in [-0.05, 0) is 37.6 Å². The standard InChI is InChI=1S/C22H23Cl2NO4.ClH/c23-18-3-1-4-19(24)16(18)12-28-15-5-6-17-20(11-15)29-14-22(17)8-2-9-25(13-22)10-7-21(26)27;/h1,3-6,11H,2,7-10,12-14H2,(H,26,27);1H. The van der Waals surface area contributed by atoms with Crippen LogP contribution in [-0.2, 0) is 16.8 Å². The van der Waals surface area contributed by atoms with E-state index in [-0.39, 0.29) is 30.8 Å². The molecule has 1 unspecified atom stereocenters. The van der Waals surface area contributed by atoms with Crippen LogP contribution >= 0.6 is 35.6 Å². The molecule has 30 heavy (non-hydrogen) atoms. The molecule has 0 saturated carbocycles. The fraction of sp³-hybridized carbons (Fsp3) is 0.409. The Hall–Kier alpha value is -1.66. The summed E-state index contributed by atoms with van der Waals surface area (Å²) in [5.41, 5.74) is 1.87. The van der Waals surface area contributed by atoms with E-state index in [0.717, 1.165) is 37.2 Å². The maximum Gasteiger partial charge on any atom is 0.304 e. The summed E-state index contributed by atoms with van der Waals surface area (Å²) in [6.07, 6.45) is 2.24. The highest BCUT2D eigenvalue weighted by molar-refractivity contribution is 6.35. The number of hydrogen-bond acceptors (Lipinski definition) is 4. The molecule has 2 aromatic carbocycles. The molecule has 0 radical (unpaired) electrons. The van der Waals surface area contributed by atoms with Gasteiger partial charge in [0, 0.05) is 45.7 Å². The highest BCUT2D eigenvalue weighted by Gasteiger charge is 2.43. The Kier molecular flexibility index (Phi) is 7.40. The Labute approximate surface area is 192 Å². The first-order valence-corrected chi connectivity index (χ1v) is 10.5. The topological polar surface area (TPSA) is 59.0 Å². The van der Waals surface area contributed by atoms with E-state index in [1.54, 1.807) is 18.2 Å². The first kappa shape index (κ1) is 23.0. The Balaban J connectivity index is 0.00000256. The first-order valence-electron chi connectivity index (χ1n) is 9.74. The fourth-order valence-electron chi connectivity index (χ4n) is 4.28. The molecule has 1 saturated heterocycles. The molecule has 4 rings (SSSR count). The molecule has 1 atom stereocenters. The minimum atomic E-state index is -0.756. The van der Waals surface area contributed by atoms with E-state index in [0.29, 0.717) is 28.9 Å². The lowest BCUT2D eigenvalue weighted by Crippen LogP contribution is -2.47. The summed E-state index contributed by atoms with van der Waals surface area (Å²) in [7, 11) is 0. The van der Waals surface area contributed by atoms with Crippen LogP contribution in [0.2, 0.25) is 10.0 Å². The minimum absolute atomic E-state index is 0. The smallest absolute Gasteiger partial charge is 0.304 e. The van der Waals surface area contributed by atoms with Crippen molar-refractivity contribution in [2.75, 3.05) is 26.2 Å². The van der Waals surface area contributed by atoms with Crippen molar-refractivity contribution in [1.29, 1.82) is 0 Å². The van der Waals surface area contributed by atoms with E-state index in [1.165, 1.54) is 5.56 Å². The SMILES string of the molecule is Cl.O=C(O)CCN1CCCC2(COc3cc(OCc4c(Cl)cccc4Cl)ccc32)C1. The third-order valence-electron chi connectivity index (χ3n) is 5.77. The number of rotatable bonds is 6. The number of aliphatic carboxylic acids is 1. The monoisotopic (exact) mass is 471 g/mol. The van der Waals surface area contributed by atoms with Crippen molar-refractivity contribution in [2.45, 2.75) is 31.3 Å². The molecular formula is C22H24Cl3NO4. The predicted octanol–water partition coefficient (Wildman–Crippen LogP) is 5.19. The second kappa shape index (κ2) is 9.65. The fourth-order valence-corrected chi connectivity index (χ4v) is 4.79. The summed E-state index contributed by atoms with van der Waals surface area (Å²) in [5.74, 6) is 0.788. The van der Waals surface area contributed by atoms with E-state index in [2.05, 4.69) is 11.0 Å². The van der Waals surface area contributed by atoms with Gasteiger partial charge in [-0.15, -0.1) is 12.4 Å². The van der Waals surface area contributed by atoms with Crippen LogP contribution < -0.4 is 9.47 Å². The van der Waals surface area contributed by atoms with Gasteiger partial charge >= 0.3 is 5.97 Å². The van der Waals surface area contributed by atoms with Gasteiger partial charge in [-0.1, -0.05) is 35.3 Å². The molecule has 5 nitrogen and oxygen atoms in total. The Morgan fingerprint density at radius 3 is 2.73 bits per heavy atom. The number of likely N-dealkylation sites (tertiary alicyclic amines) is 1. The van der Waals surface area contributed by atoms with E-state index < -0.39 is 5.97 Å². The Morgan fingerprint density at radius 1 is 1.23 bits per heavy atom. The number of nitrogens with zero attached hydrogens (tertiary/aromatic N) is 1. The van der Waals surface area contributed by atoms with Crippen molar-refractivity contribution in [3.05, 3.63) is 57.6 Å². The maximum atomic E-state index is 10.9. The van der Waals surface area contributed by atoms with Gasteiger partial charge in [0.05, 0.1) is 13.0 Å². The predicted molar refractivity (Wildman–Crippen MR) is 120 cm³/mol. The van der Waals surface area contributed by atoms with Gasteiger partial charge < -0.3 is 19.5 Å². The zero-order valence-corrected chi connectivity index (χ0v) is 18.7. The van der Waals surface area contributed by atoms with Crippen molar-refractivity contribution in [1.82, 2.24) is 4.90 Å². The van der Waals surface area contributed by atoms with Crippen LogP contribution in [0.4, 0.5) is 0 Å². The van der Waals surface area contributed by atoms with Crippen molar-refractivity contribution in [3.63, 3.8) is 0 Å². The normalized spacial score (nSPS) is 20.3. The summed E-state index contributed by atoms with van der Waals surface area (Å²) in [4.78, 5) is 13.2. The van der Waals surface area contributed by atoms with Gasteiger partial charge in [0.2, 0.25) is 0 Å². The summed E-state index contributed by atoms with van der Waals surface area (Å²) < 4.78 is 11.9. The van der Waals surface area contributed by atoms with Crippen LogP contribution in [0.1, 0.15) is 30.4 Å². The average Bonchev–Trinajstić information content (AvgIpc) is 3.03. The van der Waals surface area contributed by atoms with Gasteiger partial charge in [0.25, 0.3) is 0 Å². The number of ether oxygens (including phenoxy) is 2. The van der Waals surface area contributed by atoms with Gasteiger partial charge in [-0.2, -0.15) is 0 Å². The lowest BCUT2D eigenvalue weighted by atomic mass is 9.75. The van der Waals surface area contributed by atoms with Crippen molar-refractivity contribution in [2.24, 2.45) is 0 Å². The maximum absolute atomic E-state index is 10.9. The highest BCUT2D eigenvalue weighted by Crippen LogP contribution is 2.45. The molecule has 2 heterocycles. The Bertz CT molecular complexity index is 903. The molecule has 0 bridgehead atoms. The van der Waals surface area contributed by atoms with Crippen molar-refractivity contribution in [3.8, 4) is 11.5 Å². The van der Waals surface area contributed by atoms with Crippen molar-refractivity contribution >= 4 is 41.6 Å². The van der Waals surface area contributed by atoms with E-state index >= 15 is 0 Å². The second-order valence-corrected chi connectivity index (χ2v) is 8.55. The molecule has 0 amide bonds. The summed E-state index contributed by atoms with van der Waals surface area (Å²) in [5, 5.41) is 10.1. The molecule has 162 valence electrons. The molecule has 2 aliphatic rings. The van der Waals surface area contributed by atoms with E-state index in [4.69, 9.17) is 37.8 Å². The number of fused-ring (bicyclic) bond motifs is 2. The average molecular weight is 473 g/mol. The summed E-state index contributed by atoms with van der Waals surface area (Å²) in [6.45, 7) is 3.23. The van der Waals surface area contributed by atoms with Crippen molar-refractivity contribution < 1.29 is 19.4 Å². The third kappa shape index (κ3) is 4.80.